The second-order valence-electron chi connectivity index (χ2n) is 10.4. The smallest absolute Gasteiger partial charge is 0.297 e. The van der Waals surface area contributed by atoms with E-state index >= 15 is 0 Å². The summed E-state index contributed by atoms with van der Waals surface area (Å²) in [6, 6.07) is 11.2. The fourth-order valence-electron chi connectivity index (χ4n) is 5.46. The molecular formula is C26H32F6N4O2S. The zero-order valence-electron chi connectivity index (χ0n) is 21.7. The molecule has 2 unspecified atom stereocenters. The lowest BCUT2D eigenvalue weighted by Crippen LogP contribution is -2.51. The van der Waals surface area contributed by atoms with Gasteiger partial charge in [0.2, 0.25) is 10.0 Å². The van der Waals surface area contributed by atoms with Gasteiger partial charge in [0.1, 0.15) is 0 Å². The lowest BCUT2D eigenvalue weighted by Gasteiger charge is -2.35. The fourth-order valence-corrected chi connectivity index (χ4v) is 6.28. The third kappa shape index (κ3) is 7.51. The molecule has 2 aliphatic heterocycles. The Hall–Kier alpha value is -2.19. The molecule has 0 aromatic heterocycles. The van der Waals surface area contributed by atoms with Crippen LogP contribution in [0.15, 0.2) is 48.5 Å². The Balaban J connectivity index is 1.52. The van der Waals surface area contributed by atoms with Crippen LogP contribution < -0.4 is 0 Å². The summed E-state index contributed by atoms with van der Waals surface area (Å²) in [5.41, 5.74) is -1.65. The number of alkyl halides is 6. The lowest BCUT2D eigenvalue weighted by molar-refractivity contribution is -0.143. The average molecular weight is 579 g/mol. The highest BCUT2D eigenvalue weighted by Gasteiger charge is 2.39. The van der Waals surface area contributed by atoms with Crippen LogP contribution in [0.4, 0.5) is 26.3 Å². The fraction of sp³-hybridized carbons (Fsp3) is 0.538. The summed E-state index contributed by atoms with van der Waals surface area (Å²) in [6.07, 6.45) is -8.60. The van der Waals surface area contributed by atoms with Crippen molar-refractivity contribution in [3.8, 4) is 0 Å². The van der Waals surface area contributed by atoms with Crippen LogP contribution in [-0.4, -0.2) is 92.7 Å². The van der Waals surface area contributed by atoms with E-state index in [0.29, 0.717) is 45.9 Å². The van der Waals surface area contributed by atoms with Crippen molar-refractivity contribution >= 4 is 10.0 Å². The minimum Gasteiger partial charge on any atom is -0.297 e. The number of likely N-dealkylation sites (N-methyl/N-ethyl adjacent to an activating group) is 1. The first-order chi connectivity index (χ1) is 18.1. The maximum Gasteiger partial charge on any atom is 0.416 e. The largest absolute Gasteiger partial charge is 0.416 e. The second-order valence-corrected chi connectivity index (χ2v) is 12.4. The third-order valence-electron chi connectivity index (χ3n) is 7.44. The molecule has 0 bridgehead atoms. The Morgan fingerprint density at radius 3 is 1.92 bits per heavy atom. The van der Waals surface area contributed by atoms with Gasteiger partial charge in [0.15, 0.2) is 0 Å². The molecule has 2 aromatic rings. The molecule has 0 saturated carbocycles. The number of benzene rings is 2. The quantitative estimate of drug-likeness (QED) is 0.462. The summed E-state index contributed by atoms with van der Waals surface area (Å²) < 4.78 is 105. The Morgan fingerprint density at radius 1 is 0.846 bits per heavy atom. The molecule has 216 valence electrons. The van der Waals surface area contributed by atoms with Crippen molar-refractivity contribution in [2.24, 2.45) is 0 Å². The number of nitrogens with zero attached hydrogens (tertiary/aromatic N) is 4. The molecule has 2 heterocycles. The van der Waals surface area contributed by atoms with Crippen LogP contribution in [0, 0.1) is 0 Å². The SMILES string of the molecule is CN(Cc1cc(C(F)(F)F)cc(C(F)(F)F)c1)C1CN(CN2CCN(S(C)(=O)=O)CC2)CC1c1ccccc1. The van der Waals surface area contributed by atoms with Gasteiger partial charge in [0.05, 0.1) is 24.1 Å². The Morgan fingerprint density at radius 2 is 1.41 bits per heavy atom. The number of hydrogen-bond acceptors (Lipinski definition) is 5. The molecule has 0 spiro atoms. The van der Waals surface area contributed by atoms with E-state index in [1.807, 2.05) is 35.2 Å². The predicted molar refractivity (Wildman–Crippen MR) is 135 cm³/mol. The molecule has 2 saturated heterocycles. The summed E-state index contributed by atoms with van der Waals surface area (Å²) in [5.74, 6) is -0.0126. The van der Waals surface area contributed by atoms with Gasteiger partial charge in [-0.1, -0.05) is 30.3 Å². The topological polar surface area (TPSA) is 47.1 Å². The number of hydrogen-bond donors (Lipinski definition) is 0. The van der Waals surface area contributed by atoms with Crippen molar-refractivity contribution in [3.05, 3.63) is 70.8 Å². The first-order valence-electron chi connectivity index (χ1n) is 12.5. The summed E-state index contributed by atoms with van der Waals surface area (Å²) in [5, 5.41) is 0. The van der Waals surface area contributed by atoms with Crippen molar-refractivity contribution in [2.75, 3.05) is 59.2 Å². The molecule has 4 rings (SSSR count). The van der Waals surface area contributed by atoms with Crippen molar-refractivity contribution in [1.29, 1.82) is 0 Å². The highest BCUT2D eigenvalue weighted by molar-refractivity contribution is 7.88. The molecule has 2 fully saturated rings. The molecule has 6 nitrogen and oxygen atoms in total. The van der Waals surface area contributed by atoms with Gasteiger partial charge in [-0.25, -0.2) is 8.42 Å². The minimum absolute atomic E-state index is 0.0126. The van der Waals surface area contributed by atoms with Gasteiger partial charge in [-0.3, -0.25) is 14.7 Å². The van der Waals surface area contributed by atoms with E-state index in [1.54, 1.807) is 7.05 Å². The van der Waals surface area contributed by atoms with Crippen LogP contribution in [-0.2, 0) is 28.9 Å². The van der Waals surface area contributed by atoms with E-state index in [1.165, 1.54) is 10.6 Å². The van der Waals surface area contributed by atoms with Crippen LogP contribution in [0.1, 0.15) is 28.2 Å². The van der Waals surface area contributed by atoms with Crippen molar-refractivity contribution in [3.63, 3.8) is 0 Å². The van der Waals surface area contributed by atoms with Gasteiger partial charge in [-0.15, -0.1) is 0 Å². The van der Waals surface area contributed by atoms with Gasteiger partial charge in [0, 0.05) is 57.8 Å². The highest BCUT2D eigenvalue weighted by atomic mass is 32.2. The molecule has 2 aromatic carbocycles. The van der Waals surface area contributed by atoms with E-state index in [-0.39, 0.29) is 30.1 Å². The number of piperazine rings is 1. The Bertz CT molecular complexity index is 1200. The van der Waals surface area contributed by atoms with Crippen LogP contribution >= 0.6 is 0 Å². The molecular weight excluding hydrogens is 546 g/mol. The molecule has 0 amide bonds. The standard InChI is InChI=1S/C26H32F6N4O2S/c1-33(15-19-12-21(25(27,28)29)14-22(13-19)26(30,31)32)24-17-35(16-23(24)20-6-4-3-5-7-20)18-34-8-10-36(11-9-34)39(2,37)38/h3-7,12-14,23-24H,8-11,15-18H2,1-2H3. The number of halogens is 6. The van der Waals surface area contributed by atoms with Crippen LogP contribution in [0.25, 0.3) is 0 Å². The van der Waals surface area contributed by atoms with Gasteiger partial charge in [-0.2, -0.15) is 30.6 Å². The maximum atomic E-state index is 13.4. The summed E-state index contributed by atoms with van der Waals surface area (Å²) in [7, 11) is -1.53. The van der Waals surface area contributed by atoms with Crippen molar-refractivity contribution < 1.29 is 34.8 Å². The van der Waals surface area contributed by atoms with Gasteiger partial charge >= 0.3 is 12.4 Å². The molecule has 13 heteroatoms. The number of rotatable bonds is 7. The normalized spacial score (nSPS) is 22.6. The van der Waals surface area contributed by atoms with E-state index < -0.39 is 33.5 Å². The summed E-state index contributed by atoms with van der Waals surface area (Å²) in [6.45, 7) is 3.67. The summed E-state index contributed by atoms with van der Waals surface area (Å²) in [4.78, 5) is 6.20. The minimum atomic E-state index is -4.90. The molecule has 0 aliphatic carbocycles. The predicted octanol–water partition coefficient (Wildman–Crippen LogP) is 4.16. The van der Waals surface area contributed by atoms with Gasteiger partial charge < -0.3 is 0 Å². The van der Waals surface area contributed by atoms with E-state index in [0.717, 1.165) is 17.7 Å². The summed E-state index contributed by atoms with van der Waals surface area (Å²) >= 11 is 0. The van der Waals surface area contributed by atoms with Crippen molar-refractivity contribution in [1.82, 2.24) is 19.0 Å². The van der Waals surface area contributed by atoms with Crippen LogP contribution in [0.2, 0.25) is 0 Å². The van der Waals surface area contributed by atoms with E-state index in [2.05, 4.69) is 9.80 Å². The molecule has 2 aliphatic rings. The Kier molecular flexibility index (Phi) is 8.67. The maximum absolute atomic E-state index is 13.4. The third-order valence-corrected chi connectivity index (χ3v) is 8.74. The highest BCUT2D eigenvalue weighted by Crippen LogP contribution is 2.37. The van der Waals surface area contributed by atoms with E-state index in [4.69, 9.17) is 0 Å². The lowest BCUT2D eigenvalue weighted by atomic mass is 9.93. The molecule has 0 N–H and O–H groups in total. The molecule has 2 atom stereocenters. The van der Waals surface area contributed by atoms with Crippen molar-refractivity contribution in [2.45, 2.75) is 30.9 Å². The van der Waals surface area contributed by atoms with Gasteiger partial charge in [-0.05, 0) is 36.4 Å². The second kappa shape index (κ2) is 11.4. The number of likely N-dealkylation sites (tertiary alicyclic amines) is 1. The molecule has 0 radical (unpaired) electrons. The number of sulfonamides is 1. The monoisotopic (exact) mass is 578 g/mol. The van der Waals surface area contributed by atoms with Gasteiger partial charge in [0.25, 0.3) is 0 Å². The van der Waals surface area contributed by atoms with Crippen LogP contribution in [0.5, 0.6) is 0 Å². The first-order valence-corrected chi connectivity index (χ1v) is 14.4. The first kappa shape index (κ1) is 29.8. The molecule has 39 heavy (non-hydrogen) atoms. The van der Waals surface area contributed by atoms with Crippen LogP contribution in [0.3, 0.4) is 0 Å². The zero-order chi connectivity index (χ0) is 28.6. The van der Waals surface area contributed by atoms with E-state index in [9.17, 15) is 34.8 Å². The Labute approximate surface area is 224 Å². The average Bonchev–Trinajstić information content (AvgIpc) is 3.27. The zero-order valence-corrected chi connectivity index (χ0v) is 22.5.